The second kappa shape index (κ2) is 5.98. The first-order valence-electron chi connectivity index (χ1n) is 6.91. The van der Waals surface area contributed by atoms with Crippen LogP contribution in [-0.2, 0) is 5.75 Å². The molecular weight excluding hydrogens is 269 g/mol. The van der Waals surface area contributed by atoms with Gasteiger partial charge in [-0.25, -0.2) is 4.39 Å². The Hall–Kier alpha value is -1.32. The first kappa shape index (κ1) is 13.7. The average molecular weight is 287 g/mol. The largest absolute Gasteiger partial charge is 0.303 e. The highest BCUT2D eigenvalue weighted by Crippen LogP contribution is 2.33. The minimum atomic E-state index is -0.172. The Morgan fingerprint density at radius 3 is 2.90 bits per heavy atom. The van der Waals surface area contributed by atoms with E-state index in [1.165, 1.54) is 17.2 Å². The Morgan fingerprint density at radius 1 is 1.20 bits per heavy atom. The van der Waals surface area contributed by atoms with Crippen LogP contribution in [0.2, 0.25) is 0 Å². The van der Waals surface area contributed by atoms with Gasteiger partial charge in [0, 0.05) is 23.6 Å². The zero-order chi connectivity index (χ0) is 13.9. The summed E-state index contributed by atoms with van der Waals surface area (Å²) in [6.45, 7) is 2.09. The molecule has 0 bridgehead atoms. The number of rotatable bonds is 3. The minimum absolute atomic E-state index is 0.141. The van der Waals surface area contributed by atoms with Crippen LogP contribution in [0.5, 0.6) is 0 Å². The minimum Gasteiger partial charge on any atom is -0.303 e. The molecule has 1 nitrogen and oxygen atoms in total. The van der Waals surface area contributed by atoms with Crippen LogP contribution in [0.15, 0.2) is 48.5 Å². The summed E-state index contributed by atoms with van der Waals surface area (Å²) in [5.74, 6) is 1.98. The maximum Gasteiger partial charge on any atom is 0.123 e. The summed E-state index contributed by atoms with van der Waals surface area (Å²) in [6, 6.07) is 15.9. The maximum absolute atomic E-state index is 13.3. The Balaban J connectivity index is 1.79. The Kier molecular flexibility index (Phi) is 4.08. The van der Waals surface area contributed by atoms with Gasteiger partial charge < -0.3 is 5.32 Å². The highest BCUT2D eigenvalue weighted by atomic mass is 32.2. The SMILES string of the molecule is CC(NC1CSCc2ccccc21)c1cccc(F)c1. The van der Waals surface area contributed by atoms with Crippen LogP contribution in [0.3, 0.4) is 0 Å². The molecule has 2 atom stereocenters. The van der Waals surface area contributed by atoms with Crippen molar-refractivity contribution in [1.29, 1.82) is 0 Å². The van der Waals surface area contributed by atoms with Crippen molar-refractivity contribution < 1.29 is 4.39 Å². The summed E-state index contributed by atoms with van der Waals surface area (Å²) >= 11 is 1.95. The van der Waals surface area contributed by atoms with Crippen molar-refractivity contribution in [3.05, 3.63) is 71.0 Å². The second-order valence-corrected chi connectivity index (χ2v) is 6.24. The molecule has 3 heteroatoms. The van der Waals surface area contributed by atoms with Gasteiger partial charge in [0.1, 0.15) is 5.82 Å². The van der Waals surface area contributed by atoms with Gasteiger partial charge in [0.25, 0.3) is 0 Å². The molecular formula is C17H18FNS. The van der Waals surface area contributed by atoms with Crippen molar-refractivity contribution in [2.75, 3.05) is 5.75 Å². The molecule has 1 N–H and O–H groups in total. The molecule has 2 aromatic rings. The van der Waals surface area contributed by atoms with Crippen molar-refractivity contribution in [2.24, 2.45) is 0 Å². The number of nitrogens with one attached hydrogen (secondary N) is 1. The van der Waals surface area contributed by atoms with Gasteiger partial charge in [0.15, 0.2) is 0 Å². The molecule has 2 unspecified atom stereocenters. The maximum atomic E-state index is 13.3. The number of fused-ring (bicyclic) bond motifs is 1. The number of hydrogen-bond donors (Lipinski definition) is 1. The molecule has 1 aliphatic heterocycles. The summed E-state index contributed by atoms with van der Waals surface area (Å²) in [5.41, 5.74) is 3.79. The summed E-state index contributed by atoms with van der Waals surface area (Å²) in [6.07, 6.45) is 0. The number of thioether (sulfide) groups is 1. The smallest absolute Gasteiger partial charge is 0.123 e. The van der Waals surface area contributed by atoms with E-state index >= 15 is 0 Å². The fourth-order valence-electron chi connectivity index (χ4n) is 2.69. The molecule has 0 fully saturated rings. The molecule has 0 amide bonds. The van der Waals surface area contributed by atoms with E-state index in [0.29, 0.717) is 6.04 Å². The van der Waals surface area contributed by atoms with Crippen LogP contribution < -0.4 is 5.32 Å². The van der Waals surface area contributed by atoms with Crippen LogP contribution in [0.1, 0.15) is 35.7 Å². The molecule has 104 valence electrons. The molecule has 3 rings (SSSR count). The van der Waals surface area contributed by atoms with Gasteiger partial charge in [-0.3, -0.25) is 0 Å². The van der Waals surface area contributed by atoms with Crippen molar-refractivity contribution in [2.45, 2.75) is 24.8 Å². The summed E-state index contributed by atoms with van der Waals surface area (Å²) in [7, 11) is 0. The first-order valence-corrected chi connectivity index (χ1v) is 8.06. The molecule has 20 heavy (non-hydrogen) atoms. The summed E-state index contributed by atoms with van der Waals surface area (Å²) < 4.78 is 13.3. The van der Waals surface area contributed by atoms with E-state index in [1.807, 2.05) is 17.8 Å². The van der Waals surface area contributed by atoms with E-state index in [4.69, 9.17) is 0 Å². The predicted octanol–water partition coefficient (Wildman–Crippen LogP) is 4.46. The monoisotopic (exact) mass is 287 g/mol. The molecule has 1 aliphatic rings. The molecule has 0 saturated heterocycles. The van der Waals surface area contributed by atoms with E-state index in [-0.39, 0.29) is 11.9 Å². The third-order valence-corrected chi connectivity index (χ3v) is 4.86. The van der Waals surface area contributed by atoms with Crippen molar-refractivity contribution >= 4 is 11.8 Å². The molecule has 0 saturated carbocycles. The fourth-order valence-corrected chi connectivity index (χ4v) is 3.81. The fraction of sp³-hybridized carbons (Fsp3) is 0.294. The zero-order valence-electron chi connectivity index (χ0n) is 11.5. The number of benzene rings is 2. The molecule has 0 aromatic heterocycles. The topological polar surface area (TPSA) is 12.0 Å². The normalized spacial score (nSPS) is 19.4. The Labute approximate surface area is 123 Å². The number of halogens is 1. The van der Waals surface area contributed by atoms with E-state index in [1.54, 1.807) is 12.1 Å². The molecule has 0 aliphatic carbocycles. The predicted molar refractivity (Wildman–Crippen MR) is 83.3 cm³/mol. The van der Waals surface area contributed by atoms with Gasteiger partial charge >= 0.3 is 0 Å². The van der Waals surface area contributed by atoms with E-state index in [9.17, 15) is 4.39 Å². The van der Waals surface area contributed by atoms with E-state index in [0.717, 1.165) is 17.1 Å². The van der Waals surface area contributed by atoms with E-state index < -0.39 is 0 Å². The lowest BCUT2D eigenvalue weighted by molar-refractivity contribution is 0.493. The highest BCUT2D eigenvalue weighted by Gasteiger charge is 2.21. The molecule has 0 spiro atoms. The van der Waals surface area contributed by atoms with Crippen LogP contribution in [0.25, 0.3) is 0 Å². The van der Waals surface area contributed by atoms with Gasteiger partial charge in [-0.2, -0.15) is 11.8 Å². The Morgan fingerprint density at radius 2 is 2.05 bits per heavy atom. The third-order valence-electron chi connectivity index (χ3n) is 3.77. The van der Waals surface area contributed by atoms with Crippen molar-refractivity contribution in [1.82, 2.24) is 5.32 Å². The quantitative estimate of drug-likeness (QED) is 0.894. The second-order valence-electron chi connectivity index (χ2n) is 5.21. The lowest BCUT2D eigenvalue weighted by Gasteiger charge is -2.29. The van der Waals surface area contributed by atoms with Gasteiger partial charge in [-0.05, 0) is 35.7 Å². The van der Waals surface area contributed by atoms with Crippen molar-refractivity contribution in [3.8, 4) is 0 Å². The first-order chi connectivity index (χ1) is 9.74. The molecule has 0 radical (unpaired) electrons. The van der Waals surface area contributed by atoms with Gasteiger partial charge in [-0.15, -0.1) is 0 Å². The lowest BCUT2D eigenvalue weighted by Crippen LogP contribution is -2.29. The van der Waals surface area contributed by atoms with Crippen LogP contribution in [-0.4, -0.2) is 5.75 Å². The van der Waals surface area contributed by atoms with Crippen molar-refractivity contribution in [3.63, 3.8) is 0 Å². The van der Waals surface area contributed by atoms with Gasteiger partial charge in [0.2, 0.25) is 0 Å². The number of hydrogen-bond acceptors (Lipinski definition) is 2. The average Bonchev–Trinajstić information content (AvgIpc) is 2.47. The van der Waals surface area contributed by atoms with Gasteiger partial charge in [0.05, 0.1) is 0 Å². The standard InChI is InChI=1S/C17H18FNS/c1-12(13-6-4-7-15(18)9-13)19-17-11-20-10-14-5-2-3-8-16(14)17/h2-9,12,17,19H,10-11H2,1H3. The zero-order valence-corrected chi connectivity index (χ0v) is 12.3. The highest BCUT2D eigenvalue weighted by molar-refractivity contribution is 7.98. The summed E-state index contributed by atoms with van der Waals surface area (Å²) in [5, 5.41) is 3.63. The van der Waals surface area contributed by atoms with Crippen LogP contribution in [0, 0.1) is 5.82 Å². The molecule has 2 aromatic carbocycles. The summed E-state index contributed by atoms with van der Waals surface area (Å²) in [4.78, 5) is 0. The lowest BCUT2D eigenvalue weighted by atomic mass is 10.00. The van der Waals surface area contributed by atoms with Crippen LogP contribution in [0.4, 0.5) is 4.39 Å². The third kappa shape index (κ3) is 2.89. The molecule has 1 heterocycles. The van der Waals surface area contributed by atoms with Gasteiger partial charge in [-0.1, -0.05) is 36.4 Å². The Bertz CT molecular complexity index is 599. The van der Waals surface area contributed by atoms with Crippen LogP contribution >= 0.6 is 11.8 Å². The van der Waals surface area contributed by atoms with E-state index in [2.05, 4.69) is 36.5 Å².